The van der Waals surface area contributed by atoms with Gasteiger partial charge in [0.2, 0.25) is 0 Å². The van der Waals surface area contributed by atoms with Gasteiger partial charge in [0.15, 0.2) is 0 Å². The van der Waals surface area contributed by atoms with Gasteiger partial charge in [0.1, 0.15) is 0 Å². The van der Waals surface area contributed by atoms with E-state index in [2.05, 4.69) is 0 Å². The van der Waals surface area contributed by atoms with E-state index in [1.807, 2.05) is 0 Å². The van der Waals surface area contributed by atoms with Crippen molar-refractivity contribution in [2.45, 2.75) is 13.8 Å². The van der Waals surface area contributed by atoms with Gasteiger partial charge in [0.25, 0.3) is 0 Å². The van der Waals surface area contributed by atoms with Gasteiger partial charge in [0.05, 0.1) is 13.2 Å². The minimum absolute atomic E-state index is 0.303. The zero-order chi connectivity index (χ0) is 13.6. The Balaban J connectivity index is 3.00. The Bertz CT molecular complexity index is 444. The van der Waals surface area contributed by atoms with Crippen LogP contribution in [0.25, 0.3) is 6.08 Å². The molecule has 0 aliphatic carbocycles. The number of rotatable bonds is 6. The number of hydrogen-bond donors (Lipinski definition) is 0. The van der Waals surface area contributed by atoms with Gasteiger partial charge in [-0.15, -0.1) is 0 Å². The van der Waals surface area contributed by atoms with Crippen LogP contribution in [0.2, 0.25) is 10.0 Å². The van der Waals surface area contributed by atoms with E-state index in [0.29, 0.717) is 28.8 Å². The van der Waals surface area contributed by atoms with Crippen LogP contribution >= 0.6 is 30.8 Å². The normalized spacial score (nSPS) is 12.2. The quantitative estimate of drug-likeness (QED) is 0.675. The molecule has 100 valence electrons. The Labute approximate surface area is 117 Å². The molecule has 0 atom stereocenters. The molecular weight excluding hydrogens is 294 g/mol. The van der Waals surface area contributed by atoms with Crippen LogP contribution in [0.1, 0.15) is 19.4 Å². The molecule has 0 radical (unpaired) electrons. The van der Waals surface area contributed by atoms with Crippen molar-refractivity contribution in [2.75, 3.05) is 13.2 Å². The predicted octanol–water partition coefficient (Wildman–Crippen LogP) is 5.23. The van der Waals surface area contributed by atoms with Crippen molar-refractivity contribution in [3.05, 3.63) is 39.6 Å². The van der Waals surface area contributed by atoms with Gasteiger partial charge in [-0.1, -0.05) is 29.3 Å². The molecule has 0 aromatic heterocycles. The average molecular weight is 309 g/mol. The third-order valence-corrected chi connectivity index (χ3v) is 4.45. The molecule has 0 saturated heterocycles. The molecule has 3 nitrogen and oxygen atoms in total. The van der Waals surface area contributed by atoms with Gasteiger partial charge in [-0.05, 0) is 32.1 Å². The van der Waals surface area contributed by atoms with E-state index in [4.69, 9.17) is 32.2 Å². The highest BCUT2D eigenvalue weighted by atomic mass is 35.5. The SMILES string of the molecule is CCOP(=O)(/C=C/c1c(Cl)cccc1Cl)OCC. The fourth-order valence-corrected chi connectivity index (χ4v) is 3.14. The molecule has 0 spiro atoms. The summed E-state index contributed by atoms with van der Waals surface area (Å²) in [7, 11) is -3.22. The van der Waals surface area contributed by atoms with Gasteiger partial charge in [-0.3, -0.25) is 4.57 Å². The van der Waals surface area contributed by atoms with E-state index in [0.717, 1.165) is 0 Å². The maximum Gasteiger partial charge on any atom is 0.354 e. The molecule has 0 N–H and O–H groups in total. The van der Waals surface area contributed by atoms with Crippen molar-refractivity contribution in [1.29, 1.82) is 0 Å². The van der Waals surface area contributed by atoms with Crippen LogP contribution in [0.15, 0.2) is 24.0 Å². The summed E-state index contributed by atoms with van der Waals surface area (Å²) >= 11 is 12.0. The minimum atomic E-state index is -3.22. The molecule has 6 heteroatoms. The fourth-order valence-electron chi connectivity index (χ4n) is 1.32. The van der Waals surface area contributed by atoms with Crippen molar-refractivity contribution < 1.29 is 13.6 Å². The third-order valence-electron chi connectivity index (χ3n) is 2.04. The molecule has 0 unspecified atom stereocenters. The van der Waals surface area contributed by atoms with Crippen LogP contribution in [0.5, 0.6) is 0 Å². The van der Waals surface area contributed by atoms with E-state index >= 15 is 0 Å². The predicted molar refractivity (Wildman–Crippen MR) is 76.4 cm³/mol. The average Bonchev–Trinajstić information content (AvgIpc) is 2.29. The molecule has 0 heterocycles. The van der Waals surface area contributed by atoms with Crippen LogP contribution in [0.4, 0.5) is 0 Å². The highest BCUT2D eigenvalue weighted by molar-refractivity contribution is 7.57. The molecular formula is C12H15Cl2O3P. The molecule has 18 heavy (non-hydrogen) atoms. The molecule has 0 aliphatic rings. The van der Waals surface area contributed by atoms with Crippen molar-refractivity contribution in [2.24, 2.45) is 0 Å². The molecule has 0 saturated carbocycles. The van der Waals surface area contributed by atoms with E-state index < -0.39 is 7.60 Å². The summed E-state index contributed by atoms with van der Waals surface area (Å²) in [5.41, 5.74) is 0.598. The summed E-state index contributed by atoms with van der Waals surface area (Å²) in [5.74, 6) is 1.38. The molecule has 1 aromatic carbocycles. The first kappa shape index (κ1) is 15.7. The van der Waals surface area contributed by atoms with Crippen LogP contribution in [0, 0.1) is 0 Å². The first-order valence-electron chi connectivity index (χ1n) is 5.54. The maximum absolute atomic E-state index is 12.2. The lowest BCUT2D eigenvalue weighted by atomic mass is 10.2. The summed E-state index contributed by atoms with van der Waals surface area (Å²) in [6.45, 7) is 4.11. The Morgan fingerprint density at radius 2 is 1.67 bits per heavy atom. The fraction of sp³-hybridized carbons (Fsp3) is 0.333. The van der Waals surface area contributed by atoms with Gasteiger partial charge >= 0.3 is 7.60 Å². The third kappa shape index (κ3) is 4.42. The second-order valence-corrected chi connectivity index (χ2v) is 6.04. The van der Waals surface area contributed by atoms with Gasteiger partial charge < -0.3 is 9.05 Å². The smallest absolute Gasteiger partial charge is 0.306 e. The van der Waals surface area contributed by atoms with Crippen LogP contribution in [-0.2, 0) is 13.6 Å². The molecule has 1 rings (SSSR count). The highest BCUT2D eigenvalue weighted by Crippen LogP contribution is 2.50. The number of halogens is 2. The Hall–Kier alpha value is -0.310. The number of benzene rings is 1. The van der Waals surface area contributed by atoms with Gasteiger partial charge in [-0.25, -0.2) is 0 Å². The summed E-state index contributed by atoms with van der Waals surface area (Å²) in [6, 6.07) is 5.16. The topological polar surface area (TPSA) is 35.5 Å². The van der Waals surface area contributed by atoms with Crippen molar-refractivity contribution in [3.63, 3.8) is 0 Å². The van der Waals surface area contributed by atoms with Gasteiger partial charge in [-0.2, -0.15) is 0 Å². The highest BCUT2D eigenvalue weighted by Gasteiger charge is 2.19. The summed E-state index contributed by atoms with van der Waals surface area (Å²) < 4.78 is 22.5. The van der Waals surface area contributed by atoms with Crippen molar-refractivity contribution >= 4 is 36.9 Å². The molecule has 0 fully saturated rings. The van der Waals surface area contributed by atoms with E-state index in [-0.39, 0.29) is 0 Å². The first-order valence-corrected chi connectivity index (χ1v) is 7.91. The Kier molecular flexibility index (Phi) is 6.40. The molecule has 1 aromatic rings. The van der Waals surface area contributed by atoms with E-state index in [1.54, 1.807) is 38.1 Å². The lowest BCUT2D eigenvalue weighted by Gasteiger charge is -2.12. The monoisotopic (exact) mass is 308 g/mol. The largest absolute Gasteiger partial charge is 0.354 e. The maximum atomic E-state index is 12.2. The second kappa shape index (κ2) is 7.32. The lowest BCUT2D eigenvalue weighted by Crippen LogP contribution is -1.92. The summed E-state index contributed by atoms with van der Waals surface area (Å²) in [6.07, 6.45) is 1.57. The van der Waals surface area contributed by atoms with E-state index in [1.165, 1.54) is 5.82 Å². The molecule has 0 amide bonds. The molecule has 0 aliphatic heterocycles. The minimum Gasteiger partial charge on any atom is -0.306 e. The standard InChI is InChI=1S/C12H15Cl2O3P/c1-3-16-18(15,17-4-2)9-8-10-11(13)6-5-7-12(10)14/h5-9H,3-4H2,1-2H3/b9-8+. The Morgan fingerprint density at radius 1 is 1.17 bits per heavy atom. The summed E-state index contributed by atoms with van der Waals surface area (Å²) in [5, 5.41) is 0.969. The van der Waals surface area contributed by atoms with Crippen LogP contribution < -0.4 is 0 Å². The van der Waals surface area contributed by atoms with Gasteiger partial charge in [0, 0.05) is 21.4 Å². The zero-order valence-corrected chi connectivity index (χ0v) is 12.6. The van der Waals surface area contributed by atoms with Crippen molar-refractivity contribution in [3.8, 4) is 0 Å². The van der Waals surface area contributed by atoms with Crippen LogP contribution in [0.3, 0.4) is 0 Å². The number of hydrogen-bond acceptors (Lipinski definition) is 3. The Morgan fingerprint density at radius 3 is 2.11 bits per heavy atom. The zero-order valence-electron chi connectivity index (χ0n) is 10.2. The second-order valence-electron chi connectivity index (χ2n) is 3.33. The van der Waals surface area contributed by atoms with Crippen LogP contribution in [-0.4, -0.2) is 13.2 Å². The van der Waals surface area contributed by atoms with E-state index in [9.17, 15) is 4.57 Å². The van der Waals surface area contributed by atoms with Crippen molar-refractivity contribution in [1.82, 2.24) is 0 Å². The summed E-state index contributed by atoms with van der Waals surface area (Å²) in [4.78, 5) is 0. The molecule has 0 bridgehead atoms. The first-order chi connectivity index (χ1) is 8.52. The lowest BCUT2D eigenvalue weighted by molar-refractivity contribution is 0.229.